The summed E-state index contributed by atoms with van der Waals surface area (Å²) in [4.78, 5) is 4.54. The zero-order valence-electron chi connectivity index (χ0n) is 11.7. The van der Waals surface area contributed by atoms with E-state index < -0.39 is 0 Å². The van der Waals surface area contributed by atoms with Crippen LogP contribution in [0, 0.1) is 0 Å². The van der Waals surface area contributed by atoms with Gasteiger partial charge in [-0.3, -0.25) is 0 Å². The number of rotatable bonds is 3. The van der Waals surface area contributed by atoms with Crippen molar-refractivity contribution in [1.82, 2.24) is 9.55 Å². The SMILES string of the molecule is CSc1nc2cc(Oc3cccc(Cl)c3Cl)c(Cl)cc2n1C. The minimum atomic E-state index is 0.353. The van der Waals surface area contributed by atoms with Crippen molar-refractivity contribution in [2.45, 2.75) is 5.16 Å². The molecule has 114 valence electrons. The van der Waals surface area contributed by atoms with E-state index in [9.17, 15) is 0 Å². The Morgan fingerprint density at radius 2 is 1.86 bits per heavy atom. The molecular weight excluding hydrogens is 363 g/mol. The second-order valence-electron chi connectivity index (χ2n) is 4.58. The maximum absolute atomic E-state index is 6.32. The predicted molar refractivity (Wildman–Crippen MR) is 94.0 cm³/mol. The van der Waals surface area contributed by atoms with Gasteiger partial charge in [-0.25, -0.2) is 4.98 Å². The van der Waals surface area contributed by atoms with Crippen molar-refractivity contribution in [3.63, 3.8) is 0 Å². The van der Waals surface area contributed by atoms with Crippen LogP contribution in [0.1, 0.15) is 0 Å². The van der Waals surface area contributed by atoms with Gasteiger partial charge in [0.05, 0.1) is 21.1 Å². The van der Waals surface area contributed by atoms with E-state index in [0.717, 1.165) is 16.2 Å². The molecule has 0 unspecified atom stereocenters. The average molecular weight is 374 g/mol. The first-order valence-corrected chi connectivity index (χ1v) is 8.69. The van der Waals surface area contributed by atoms with Crippen LogP contribution in [-0.2, 0) is 7.05 Å². The van der Waals surface area contributed by atoms with Crippen molar-refractivity contribution in [3.05, 3.63) is 45.4 Å². The molecule has 0 N–H and O–H groups in total. The fourth-order valence-electron chi connectivity index (χ4n) is 2.11. The molecule has 22 heavy (non-hydrogen) atoms. The van der Waals surface area contributed by atoms with E-state index in [0.29, 0.717) is 26.6 Å². The van der Waals surface area contributed by atoms with Gasteiger partial charge in [0.1, 0.15) is 16.5 Å². The van der Waals surface area contributed by atoms with Crippen LogP contribution in [0.4, 0.5) is 0 Å². The lowest BCUT2D eigenvalue weighted by molar-refractivity contribution is 0.484. The molecule has 1 aromatic heterocycles. The number of aryl methyl sites for hydroxylation is 1. The predicted octanol–water partition coefficient (Wildman–Crippen LogP) is 6.05. The smallest absolute Gasteiger partial charge is 0.168 e. The number of hydrogen-bond donors (Lipinski definition) is 0. The topological polar surface area (TPSA) is 27.1 Å². The van der Waals surface area contributed by atoms with E-state index in [1.165, 1.54) is 0 Å². The van der Waals surface area contributed by atoms with Crippen LogP contribution in [0.3, 0.4) is 0 Å². The molecule has 1 heterocycles. The molecule has 3 nitrogen and oxygen atoms in total. The van der Waals surface area contributed by atoms with Crippen LogP contribution in [0.5, 0.6) is 11.5 Å². The lowest BCUT2D eigenvalue weighted by Gasteiger charge is -2.10. The summed E-state index contributed by atoms with van der Waals surface area (Å²) in [5.41, 5.74) is 1.75. The highest BCUT2D eigenvalue weighted by Crippen LogP contribution is 2.39. The molecule has 0 fully saturated rings. The first-order valence-electron chi connectivity index (χ1n) is 6.33. The van der Waals surface area contributed by atoms with Gasteiger partial charge in [-0.15, -0.1) is 0 Å². The lowest BCUT2D eigenvalue weighted by Crippen LogP contribution is -1.90. The van der Waals surface area contributed by atoms with Crippen LogP contribution >= 0.6 is 46.6 Å². The Morgan fingerprint density at radius 3 is 2.59 bits per heavy atom. The van der Waals surface area contributed by atoms with Gasteiger partial charge in [0.2, 0.25) is 0 Å². The Bertz CT molecular complexity index is 864. The first kappa shape index (κ1) is 15.8. The van der Waals surface area contributed by atoms with E-state index in [2.05, 4.69) is 4.98 Å². The molecule has 0 aliphatic carbocycles. The minimum Gasteiger partial charge on any atom is -0.454 e. The van der Waals surface area contributed by atoms with Gasteiger partial charge in [-0.1, -0.05) is 52.6 Å². The molecule has 3 aromatic rings. The molecule has 2 aromatic carbocycles. The van der Waals surface area contributed by atoms with Crippen LogP contribution in [0.25, 0.3) is 11.0 Å². The van der Waals surface area contributed by atoms with Crippen molar-refractivity contribution in [1.29, 1.82) is 0 Å². The van der Waals surface area contributed by atoms with Gasteiger partial charge in [-0.05, 0) is 24.5 Å². The quantitative estimate of drug-likeness (QED) is 0.523. The lowest BCUT2D eigenvalue weighted by atomic mass is 10.3. The average Bonchev–Trinajstić information content (AvgIpc) is 2.80. The maximum Gasteiger partial charge on any atom is 0.168 e. The minimum absolute atomic E-state index is 0.353. The largest absolute Gasteiger partial charge is 0.454 e. The van der Waals surface area contributed by atoms with Crippen LogP contribution in [-0.4, -0.2) is 15.8 Å². The first-order chi connectivity index (χ1) is 10.5. The summed E-state index contributed by atoms with van der Waals surface area (Å²) in [6.07, 6.45) is 1.98. The van der Waals surface area contributed by atoms with E-state index in [1.807, 2.05) is 23.9 Å². The van der Waals surface area contributed by atoms with Crippen molar-refractivity contribution in [2.24, 2.45) is 7.05 Å². The number of benzene rings is 2. The van der Waals surface area contributed by atoms with Crippen molar-refractivity contribution >= 4 is 57.6 Å². The van der Waals surface area contributed by atoms with E-state index in [1.54, 1.807) is 36.0 Å². The Morgan fingerprint density at radius 1 is 1.09 bits per heavy atom. The van der Waals surface area contributed by atoms with Crippen LogP contribution in [0.15, 0.2) is 35.5 Å². The Hall–Kier alpha value is -1.07. The van der Waals surface area contributed by atoms with Gasteiger partial charge in [0, 0.05) is 13.1 Å². The van der Waals surface area contributed by atoms with Crippen LogP contribution < -0.4 is 4.74 Å². The number of thioether (sulfide) groups is 1. The number of fused-ring (bicyclic) bond motifs is 1. The number of halogens is 3. The van der Waals surface area contributed by atoms with Gasteiger partial charge < -0.3 is 9.30 Å². The number of ether oxygens (including phenoxy) is 1. The van der Waals surface area contributed by atoms with E-state index in [-0.39, 0.29) is 0 Å². The highest BCUT2D eigenvalue weighted by molar-refractivity contribution is 7.98. The van der Waals surface area contributed by atoms with E-state index >= 15 is 0 Å². The molecule has 7 heteroatoms. The second kappa shape index (κ2) is 6.20. The third-order valence-corrected chi connectivity index (χ3v) is 5.04. The molecule has 0 aliphatic heterocycles. The summed E-state index contributed by atoms with van der Waals surface area (Å²) in [5.74, 6) is 0.945. The van der Waals surface area contributed by atoms with E-state index in [4.69, 9.17) is 39.5 Å². The molecule has 0 saturated heterocycles. The summed E-state index contributed by atoms with van der Waals surface area (Å²) in [5, 5.41) is 2.17. The molecule has 0 amide bonds. The summed E-state index contributed by atoms with van der Waals surface area (Å²) in [6, 6.07) is 8.83. The third kappa shape index (κ3) is 2.76. The Balaban J connectivity index is 2.07. The summed E-state index contributed by atoms with van der Waals surface area (Å²) in [6.45, 7) is 0. The Kier molecular flexibility index (Phi) is 4.46. The number of imidazole rings is 1. The van der Waals surface area contributed by atoms with Gasteiger partial charge in [-0.2, -0.15) is 0 Å². The van der Waals surface area contributed by atoms with Crippen LogP contribution in [0.2, 0.25) is 15.1 Å². The fraction of sp³-hybridized carbons (Fsp3) is 0.133. The standard InChI is InChI=1S/C15H11Cl3N2OS/c1-20-11-6-9(17)13(7-10(11)19-15(20)22-2)21-12-5-3-4-8(16)14(12)18/h3-7H,1-2H3. The highest BCUT2D eigenvalue weighted by atomic mass is 35.5. The van der Waals surface area contributed by atoms with Gasteiger partial charge >= 0.3 is 0 Å². The molecule has 0 saturated carbocycles. The summed E-state index contributed by atoms with van der Waals surface area (Å²) < 4.78 is 7.80. The molecule has 0 atom stereocenters. The zero-order valence-corrected chi connectivity index (χ0v) is 14.8. The normalized spacial score (nSPS) is 11.1. The zero-order chi connectivity index (χ0) is 15.9. The van der Waals surface area contributed by atoms with Gasteiger partial charge in [0.25, 0.3) is 0 Å². The fourth-order valence-corrected chi connectivity index (χ4v) is 3.20. The molecule has 0 bridgehead atoms. The summed E-state index contributed by atoms with van der Waals surface area (Å²) >= 11 is 20.0. The molecule has 0 spiro atoms. The summed E-state index contributed by atoms with van der Waals surface area (Å²) in [7, 11) is 1.95. The van der Waals surface area contributed by atoms with Crippen molar-refractivity contribution < 1.29 is 4.74 Å². The van der Waals surface area contributed by atoms with Gasteiger partial charge in [0.15, 0.2) is 5.16 Å². The van der Waals surface area contributed by atoms with Crippen molar-refractivity contribution in [2.75, 3.05) is 6.26 Å². The monoisotopic (exact) mass is 372 g/mol. The van der Waals surface area contributed by atoms with Crippen molar-refractivity contribution in [3.8, 4) is 11.5 Å². The third-order valence-electron chi connectivity index (χ3n) is 3.21. The molecular formula is C15H11Cl3N2OS. The Labute approximate surface area is 147 Å². The molecule has 0 aliphatic rings. The second-order valence-corrected chi connectivity index (χ2v) is 6.55. The number of hydrogen-bond acceptors (Lipinski definition) is 3. The number of nitrogens with zero attached hydrogens (tertiary/aromatic N) is 2. The maximum atomic E-state index is 6.32. The number of aromatic nitrogens is 2. The molecule has 0 radical (unpaired) electrons. The highest BCUT2D eigenvalue weighted by Gasteiger charge is 2.14. The molecule has 3 rings (SSSR count).